The Labute approximate surface area is 442 Å². The van der Waals surface area contributed by atoms with Crippen LogP contribution in [-0.4, -0.2) is 73.4 Å². The van der Waals surface area contributed by atoms with Crippen LogP contribution in [0.25, 0.3) is 0 Å². The number of hydrogen-bond donors (Lipinski definition) is 3. The summed E-state index contributed by atoms with van der Waals surface area (Å²) < 4.78 is 23.8. The number of quaternary nitrogens is 1. The SMILES string of the molecule is CCCCCCC/C=C\C/C=C\CCCCCCCCCCCCCCCCCC(=O)NC(COP(=O)(O)OCC[N+](C)(C)C)C(O)/C=C/CCCCCCCCCCCCCCCCCCCCCC. The number of rotatable bonds is 57. The summed E-state index contributed by atoms with van der Waals surface area (Å²) in [6.07, 6.45) is 69.6. The minimum absolute atomic E-state index is 0.0628. The second-order valence-corrected chi connectivity index (χ2v) is 23.9. The first-order valence-corrected chi connectivity index (χ1v) is 32.4. The van der Waals surface area contributed by atoms with Gasteiger partial charge in [-0.25, -0.2) is 4.57 Å². The number of phosphoric ester groups is 1. The molecule has 420 valence electrons. The van der Waals surface area contributed by atoms with E-state index in [0.29, 0.717) is 17.4 Å². The van der Waals surface area contributed by atoms with Crippen molar-refractivity contribution in [3.8, 4) is 0 Å². The fourth-order valence-corrected chi connectivity index (χ4v) is 9.99. The number of phosphoric acid groups is 1. The number of aliphatic hydroxyl groups is 1. The average Bonchev–Trinajstić information content (AvgIpc) is 3.33. The molecule has 0 aromatic carbocycles. The van der Waals surface area contributed by atoms with Gasteiger partial charge in [0.25, 0.3) is 0 Å². The molecule has 71 heavy (non-hydrogen) atoms. The summed E-state index contributed by atoms with van der Waals surface area (Å²) in [6.45, 7) is 4.85. The van der Waals surface area contributed by atoms with Crippen LogP contribution in [-0.2, 0) is 18.4 Å². The predicted octanol–water partition coefficient (Wildman–Crippen LogP) is 18.9. The van der Waals surface area contributed by atoms with Gasteiger partial charge in [0.05, 0.1) is 39.9 Å². The fourth-order valence-electron chi connectivity index (χ4n) is 9.25. The Morgan fingerprint density at radius 1 is 0.479 bits per heavy atom. The first-order chi connectivity index (χ1) is 34.5. The number of likely N-dealkylation sites (N-methyl/N-ethyl adjacent to an activating group) is 1. The van der Waals surface area contributed by atoms with Gasteiger partial charge in [-0.1, -0.05) is 281 Å². The Kier molecular flexibility index (Phi) is 52.6. The van der Waals surface area contributed by atoms with E-state index in [0.717, 1.165) is 44.9 Å². The van der Waals surface area contributed by atoms with Crippen molar-refractivity contribution in [1.29, 1.82) is 0 Å². The normalized spacial score (nSPS) is 14.1. The van der Waals surface area contributed by atoms with Crippen LogP contribution in [0, 0.1) is 0 Å². The molecule has 0 aromatic rings. The van der Waals surface area contributed by atoms with E-state index in [1.54, 1.807) is 6.08 Å². The highest BCUT2D eigenvalue weighted by Crippen LogP contribution is 2.43. The van der Waals surface area contributed by atoms with E-state index in [4.69, 9.17) is 9.05 Å². The number of unbranched alkanes of at least 4 members (excludes halogenated alkanes) is 40. The molecule has 0 aliphatic heterocycles. The molecule has 0 rings (SSSR count). The fraction of sp³-hybridized carbons (Fsp3) is 0.887. The van der Waals surface area contributed by atoms with Crippen molar-refractivity contribution in [1.82, 2.24) is 5.32 Å². The Balaban J connectivity index is 4.14. The van der Waals surface area contributed by atoms with Gasteiger partial charge < -0.3 is 19.8 Å². The van der Waals surface area contributed by atoms with Gasteiger partial charge in [-0.2, -0.15) is 0 Å². The van der Waals surface area contributed by atoms with Gasteiger partial charge in [0.15, 0.2) is 0 Å². The summed E-state index contributed by atoms with van der Waals surface area (Å²) >= 11 is 0. The van der Waals surface area contributed by atoms with E-state index in [1.807, 2.05) is 27.2 Å². The Hall–Kier alpha value is -1.28. The molecular weight excluding hydrogens is 900 g/mol. The smallest absolute Gasteiger partial charge is 0.387 e. The molecule has 8 nitrogen and oxygen atoms in total. The zero-order valence-electron chi connectivity index (χ0n) is 48.0. The van der Waals surface area contributed by atoms with Crippen molar-refractivity contribution in [3.63, 3.8) is 0 Å². The summed E-state index contributed by atoms with van der Waals surface area (Å²) in [4.78, 5) is 23.3. The third-order valence-corrected chi connectivity index (χ3v) is 15.1. The zero-order valence-corrected chi connectivity index (χ0v) is 48.9. The zero-order chi connectivity index (χ0) is 52.0. The minimum atomic E-state index is -4.35. The first kappa shape index (κ1) is 69.7. The predicted molar refractivity (Wildman–Crippen MR) is 309 cm³/mol. The number of nitrogens with zero attached hydrogens (tertiary/aromatic N) is 1. The maximum absolute atomic E-state index is 13.0. The molecule has 0 aliphatic rings. The Bertz CT molecular complexity index is 1250. The van der Waals surface area contributed by atoms with Crippen LogP contribution in [0.3, 0.4) is 0 Å². The van der Waals surface area contributed by atoms with Crippen molar-refractivity contribution < 1.29 is 32.9 Å². The summed E-state index contributed by atoms with van der Waals surface area (Å²) in [6, 6.07) is -0.846. The lowest BCUT2D eigenvalue weighted by Crippen LogP contribution is -2.45. The first-order valence-electron chi connectivity index (χ1n) is 30.9. The van der Waals surface area contributed by atoms with Crippen LogP contribution >= 0.6 is 7.82 Å². The molecule has 3 unspecified atom stereocenters. The van der Waals surface area contributed by atoms with E-state index in [2.05, 4.69) is 43.5 Å². The van der Waals surface area contributed by atoms with Crippen LogP contribution in [0.5, 0.6) is 0 Å². The molecule has 0 aromatic heterocycles. The number of carbonyl (C=O) groups excluding carboxylic acids is 1. The van der Waals surface area contributed by atoms with Crippen LogP contribution in [0.2, 0.25) is 0 Å². The van der Waals surface area contributed by atoms with E-state index >= 15 is 0 Å². The third kappa shape index (κ3) is 56.3. The van der Waals surface area contributed by atoms with Crippen molar-refractivity contribution in [2.45, 2.75) is 315 Å². The summed E-state index contributed by atoms with van der Waals surface area (Å²) in [5, 5.41) is 14.0. The van der Waals surface area contributed by atoms with Gasteiger partial charge in [0, 0.05) is 6.42 Å². The highest BCUT2D eigenvalue weighted by molar-refractivity contribution is 7.47. The molecule has 0 heterocycles. The summed E-state index contributed by atoms with van der Waals surface area (Å²) in [7, 11) is 1.58. The van der Waals surface area contributed by atoms with Crippen LogP contribution in [0.1, 0.15) is 303 Å². The van der Waals surface area contributed by atoms with Crippen LogP contribution in [0.4, 0.5) is 0 Å². The monoisotopic (exact) mass is 1020 g/mol. The van der Waals surface area contributed by atoms with E-state index in [-0.39, 0.29) is 19.1 Å². The number of aliphatic hydroxyl groups excluding tert-OH is 1. The lowest BCUT2D eigenvalue weighted by atomic mass is 10.0. The van der Waals surface area contributed by atoms with Crippen molar-refractivity contribution in [3.05, 3.63) is 36.5 Å². The van der Waals surface area contributed by atoms with Crippen molar-refractivity contribution in [2.75, 3.05) is 40.9 Å². The molecule has 0 bridgehead atoms. The van der Waals surface area contributed by atoms with Gasteiger partial charge >= 0.3 is 7.82 Å². The average molecular weight is 1020 g/mol. The molecule has 0 spiro atoms. The molecule has 0 saturated carbocycles. The van der Waals surface area contributed by atoms with Gasteiger partial charge in [-0.15, -0.1) is 0 Å². The molecule has 0 saturated heterocycles. The largest absolute Gasteiger partial charge is 0.472 e. The minimum Gasteiger partial charge on any atom is -0.387 e. The molecule has 1 amide bonds. The van der Waals surface area contributed by atoms with Crippen molar-refractivity contribution >= 4 is 13.7 Å². The van der Waals surface area contributed by atoms with E-state index in [9.17, 15) is 19.4 Å². The number of carbonyl (C=O) groups is 1. The second-order valence-electron chi connectivity index (χ2n) is 22.4. The Morgan fingerprint density at radius 3 is 1.15 bits per heavy atom. The second kappa shape index (κ2) is 53.5. The van der Waals surface area contributed by atoms with Crippen molar-refractivity contribution in [2.24, 2.45) is 0 Å². The summed E-state index contributed by atoms with van der Waals surface area (Å²) in [5.41, 5.74) is 0. The maximum atomic E-state index is 13.0. The third-order valence-electron chi connectivity index (χ3n) is 14.1. The number of nitrogens with one attached hydrogen (secondary N) is 1. The molecule has 0 fully saturated rings. The molecule has 3 N–H and O–H groups in total. The highest BCUT2D eigenvalue weighted by Gasteiger charge is 2.27. The number of hydrogen-bond acceptors (Lipinski definition) is 5. The van der Waals surface area contributed by atoms with Crippen LogP contribution in [0.15, 0.2) is 36.5 Å². The molecule has 3 atom stereocenters. The molecule has 9 heteroatoms. The highest BCUT2D eigenvalue weighted by atomic mass is 31.2. The lowest BCUT2D eigenvalue weighted by Gasteiger charge is -2.25. The topological polar surface area (TPSA) is 105 Å². The summed E-state index contributed by atoms with van der Waals surface area (Å²) in [5.74, 6) is -0.173. The Morgan fingerprint density at radius 2 is 0.803 bits per heavy atom. The van der Waals surface area contributed by atoms with Gasteiger partial charge in [-0.3, -0.25) is 13.8 Å². The van der Waals surface area contributed by atoms with E-state index in [1.165, 1.54) is 238 Å². The van der Waals surface area contributed by atoms with Gasteiger partial charge in [0.2, 0.25) is 5.91 Å². The lowest BCUT2D eigenvalue weighted by molar-refractivity contribution is -0.870. The molecular formula is C62H122N2O6P+. The number of amides is 1. The standard InChI is InChI=1S/C62H121N2O6P/c1-6-8-10-12-14-16-18-20-22-24-26-28-30-31-32-33-34-36-38-40-42-44-46-48-50-52-54-56-62(66)63-60(59-70-71(67,68)69-58-57-64(3,4)5)61(65)55-53-51-49-47-45-43-41-39-37-35-29-27-25-23-21-19-17-15-13-11-9-7-2/h18,20,24,26,53,55,60-61,65H,6-17,19,21-23,25,27-52,54,56-59H2,1-5H3,(H-,63,66,67,68)/p+1/b20-18-,26-24-,55-53+. The van der Waals surface area contributed by atoms with Gasteiger partial charge in [0.1, 0.15) is 13.2 Å². The maximum Gasteiger partial charge on any atom is 0.472 e. The van der Waals surface area contributed by atoms with E-state index < -0.39 is 20.0 Å². The molecule has 0 aliphatic carbocycles. The number of allylic oxidation sites excluding steroid dienone is 5. The van der Waals surface area contributed by atoms with Crippen LogP contribution < -0.4 is 5.32 Å². The quantitative estimate of drug-likeness (QED) is 0.0243. The van der Waals surface area contributed by atoms with Gasteiger partial charge in [-0.05, 0) is 51.4 Å². The molecule has 0 radical (unpaired) electrons.